The van der Waals surface area contributed by atoms with E-state index in [0.29, 0.717) is 26.2 Å². The lowest BCUT2D eigenvalue weighted by Crippen LogP contribution is -2.57. The zero-order valence-corrected chi connectivity index (χ0v) is 14.0. The summed E-state index contributed by atoms with van der Waals surface area (Å²) in [4.78, 5) is 14.2. The molecule has 1 rings (SSSR count). The predicted molar refractivity (Wildman–Crippen MR) is 80.0 cm³/mol. The molecule has 6 nitrogen and oxygen atoms in total. The molecular weight excluding hydrogens is 278 g/mol. The van der Waals surface area contributed by atoms with E-state index >= 15 is 0 Å². The molecule has 0 saturated carbocycles. The van der Waals surface area contributed by atoms with Crippen LogP contribution in [0.2, 0.25) is 0 Å². The van der Waals surface area contributed by atoms with E-state index in [0.717, 1.165) is 6.42 Å². The molecule has 1 unspecified atom stereocenters. The Balaban J connectivity index is 2.55. The van der Waals surface area contributed by atoms with Gasteiger partial charge in [0.2, 0.25) is 15.9 Å². The fourth-order valence-corrected chi connectivity index (χ4v) is 2.94. The Morgan fingerprint density at radius 2 is 1.75 bits per heavy atom. The van der Waals surface area contributed by atoms with Gasteiger partial charge in [-0.1, -0.05) is 6.92 Å². The summed E-state index contributed by atoms with van der Waals surface area (Å²) >= 11 is 0. The summed E-state index contributed by atoms with van der Waals surface area (Å²) in [6.07, 6.45) is 2.09. The minimum absolute atomic E-state index is 0.00431. The third-order valence-electron chi connectivity index (χ3n) is 4.01. The first-order valence-corrected chi connectivity index (χ1v) is 8.93. The minimum Gasteiger partial charge on any atom is -0.350 e. The van der Waals surface area contributed by atoms with E-state index in [1.54, 1.807) is 0 Å². The van der Waals surface area contributed by atoms with Gasteiger partial charge in [0.05, 0.1) is 12.3 Å². The quantitative estimate of drug-likeness (QED) is 0.791. The number of sulfonamides is 1. The fourth-order valence-electron chi connectivity index (χ4n) is 2.11. The fraction of sp³-hybridized carbons (Fsp3) is 0.923. The molecule has 1 atom stereocenters. The van der Waals surface area contributed by atoms with Crippen molar-refractivity contribution in [1.82, 2.24) is 14.5 Å². The van der Waals surface area contributed by atoms with Crippen LogP contribution in [0.4, 0.5) is 0 Å². The van der Waals surface area contributed by atoms with Crippen LogP contribution in [0.25, 0.3) is 0 Å². The van der Waals surface area contributed by atoms with E-state index < -0.39 is 10.0 Å². The second-order valence-corrected chi connectivity index (χ2v) is 8.08. The monoisotopic (exact) mass is 305 g/mol. The molecule has 1 fully saturated rings. The summed E-state index contributed by atoms with van der Waals surface area (Å²) < 4.78 is 24.4. The number of carbonyl (C=O) groups is 1. The van der Waals surface area contributed by atoms with Crippen molar-refractivity contribution in [3.05, 3.63) is 0 Å². The average Bonchev–Trinajstić information content (AvgIpc) is 2.36. The Kier molecular flexibility index (Phi) is 5.57. The van der Waals surface area contributed by atoms with Crippen molar-refractivity contribution in [1.29, 1.82) is 0 Å². The van der Waals surface area contributed by atoms with Crippen LogP contribution in [0.5, 0.6) is 0 Å². The molecule has 1 amide bonds. The molecule has 1 heterocycles. The highest BCUT2D eigenvalue weighted by Gasteiger charge is 2.30. The molecule has 7 heteroatoms. The number of nitrogens with one attached hydrogen (secondary N) is 1. The smallest absolute Gasteiger partial charge is 0.237 e. The SMILES string of the molecule is CCC(C)(C)NC(=O)C(C)N1CCN(S(C)(=O)=O)CC1. The Hall–Kier alpha value is -0.660. The van der Waals surface area contributed by atoms with Gasteiger partial charge in [-0.25, -0.2) is 8.42 Å². The minimum atomic E-state index is -3.12. The number of rotatable bonds is 5. The summed E-state index contributed by atoms with van der Waals surface area (Å²) in [6.45, 7) is 10.00. The molecule has 0 aliphatic carbocycles. The van der Waals surface area contributed by atoms with Crippen LogP contribution in [-0.2, 0) is 14.8 Å². The zero-order chi connectivity index (χ0) is 15.6. The van der Waals surface area contributed by atoms with Crippen LogP contribution in [0.15, 0.2) is 0 Å². The van der Waals surface area contributed by atoms with Gasteiger partial charge in [-0.2, -0.15) is 4.31 Å². The average molecular weight is 305 g/mol. The largest absolute Gasteiger partial charge is 0.350 e. The number of carbonyl (C=O) groups excluding carboxylic acids is 1. The van der Waals surface area contributed by atoms with E-state index in [1.165, 1.54) is 10.6 Å². The van der Waals surface area contributed by atoms with E-state index in [9.17, 15) is 13.2 Å². The lowest BCUT2D eigenvalue weighted by atomic mass is 10.0. The highest BCUT2D eigenvalue weighted by molar-refractivity contribution is 7.88. The van der Waals surface area contributed by atoms with Gasteiger partial charge < -0.3 is 5.32 Å². The molecule has 20 heavy (non-hydrogen) atoms. The van der Waals surface area contributed by atoms with Crippen molar-refractivity contribution in [2.24, 2.45) is 0 Å². The molecule has 1 aliphatic heterocycles. The number of nitrogens with zero attached hydrogens (tertiary/aromatic N) is 2. The second kappa shape index (κ2) is 6.41. The van der Waals surface area contributed by atoms with Gasteiger partial charge in [-0.3, -0.25) is 9.69 Å². The molecule has 118 valence electrons. The molecule has 0 aromatic rings. The van der Waals surface area contributed by atoms with Gasteiger partial charge in [-0.05, 0) is 27.2 Å². The van der Waals surface area contributed by atoms with Gasteiger partial charge in [0.15, 0.2) is 0 Å². The van der Waals surface area contributed by atoms with Crippen molar-refractivity contribution in [3.63, 3.8) is 0 Å². The van der Waals surface area contributed by atoms with E-state index in [-0.39, 0.29) is 17.5 Å². The summed E-state index contributed by atoms with van der Waals surface area (Å²) in [5.74, 6) is 0.00431. The van der Waals surface area contributed by atoms with Crippen LogP contribution < -0.4 is 5.32 Å². The first-order chi connectivity index (χ1) is 9.07. The molecular formula is C13H27N3O3S. The normalized spacial score (nSPS) is 20.6. The number of piperazine rings is 1. The van der Waals surface area contributed by atoms with Crippen LogP contribution in [0.1, 0.15) is 34.1 Å². The highest BCUT2D eigenvalue weighted by atomic mass is 32.2. The molecule has 0 radical (unpaired) electrons. The highest BCUT2D eigenvalue weighted by Crippen LogP contribution is 2.12. The Bertz CT molecular complexity index is 440. The van der Waals surface area contributed by atoms with Gasteiger partial charge in [0.25, 0.3) is 0 Å². The van der Waals surface area contributed by atoms with Crippen LogP contribution in [-0.4, -0.2) is 67.5 Å². The summed E-state index contributed by atoms with van der Waals surface area (Å²) in [5.41, 5.74) is -0.208. The maximum absolute atomic E-state index is 12.2. The third-order valence-corrected chi connectivity index (χ3v) is 5.32. The zero-order valence-electron chi connectivity index (χ0n) is 13.1. The third kappa shape index (κ3) is 4.71. The van der Waals surface area contributed by atoms with Crippen LogP contribution >= 0.6 is 0 Å². The van der Waals surface area contributed by atoms with E-state index in [1.807, 2.05) is 32.6 Å². The number of hydrogen-bond donors (Lipinski definition) is 1. The molecule has 0 aromatic carbocycles. The van der Waals surface area contributed by atoms with Gasteiger partial charge in [-0.15, -0.1) is 0 Å². The number of amides is 1. The summed E-state index contributed by atoms with van der Waals surface area (Å²) in [7, 11) is -3.12. The van der Waals surface area contributed by atoms with Crippen LogP contribution in [0, 0.1) is 0 Å². The van der Waals surface area contributed by atoms with Crippen molar-refractivity contribution in [3.8, 4) is 0 Å². The van der Waals surface area contributed by atoms with Gasteiger partial charge in [0.1, 0.15) is 0 Å². The van der Waals surface area contributed by atoms with Crippen molar-refractivity contribution in [2.45, 2.75) is 45.7 Å². The van der Waals surface area contributed by atoms with Crippen molar-refractivity contribution in [2.75, 3.05) is 32.4 Å². The Morgan fingerprint density at radius 1 is 1.25 bits per heavy atom. The lowest BCUT2D eigenvalue weighted by molar-refractivity contribution is -0.128. The maximum Gasteiger partial charge on any atom is 0.237 e. The molecule has 0 spiro atoms. The molecule has 1 N–H and O–H groups in total. The number of hydrogen-bond acceptors (Lipinski definition) is 4. The predicted octanol–water partition coefficient (Wildman–Crippen LogP) is 0.257. The second-order valence-electron chi connectivity index (χ2n) is 6.10. The molecule has 0 aromatic heterocycles. The Morgan fingerprint density at radius 3 is 2.15 bits per heavy atom. The lowest BCUT2D eigenvalue weighted by Gasteiger charge is -2.37. The van der Waals surface area contributed by atoms with E-state index in [4.69, 9.17) is 0 Å². The molecule has 0 bridgehead atoms. The maximum atomic E-state index is 12.2. The van der Waals surface area contributed by atoms with Crippen LogP contribution in [0.3, 0.4) is 0 Å². The summed E-state index contributed by atoms with van der Waals surface area (Å²) in [6, 6.07) is -0.234. The topological polar surface area (TPSA) is 69.7 Å². The first-order valence-electron chi connectivity index (χ1n) is 7.08. The van der Waals surface area contributed by atoms with E-state index in [2.05, 4.69) is 5.32 Å². The van der Waals surface area contributed by atoms with Crippen molar-refractivity contribution >= 4 is 15.9 Å². The van der Waals surface area contributed by atoms with Gasteiger partial charge in [0, 0.05) is 31.7 Å². The first kappa shape index (κ1) is 17.4. The summed E-state index contributed by atoms with van der Waals surface area (Å²) in [5, 5.41) is 3.03. The van der Waals surface area contributed by atoms with Crippen molar-refractivity contribution < 1.29 is 13.2 Å². The molecule has 1 aliphatic rings. The van der Waals surface area contributed by atoms with Gasteiger partial charge >= 0.3 is 0 Å². The standard InChI is InChI=1S/C13H27N3O3S/c1-6-13(3,4)14-12(17)11(2)15-7-9-16(10-8-15)20(5,18)19/h11H,6-10H2,1-5H3,(H,14,17). The molecule has 1 saturated heterocycles. The Labute approximate surface area is 122 Å².